The highest BCUT2D eigenvalue weighted by Gasteiger charge is 2.27. The fourth-order valence-electron chi connectivity index (χ4n) is 1.52. The number of hydrogen-bond acceptors (Lipinski definition) is 4. The lowest BCUT2D eigenvalue weighted by Crippen LogP contribution is -2.27. The molecule has 0 aliphatic heterocycles. The van der Waals surface area contributed by atoms with E-state index in [1.807, 2.05) is 39.0 Å². The zero-order chi connectivity index (χ0) is 14.2. The van der Waals surface area contributed by atoms with Crippen LogP contribution in [0.15, 0.2) is 31.7 Å². The first-order valence-corrected chi connectivity index (χ1v) is 7.42. The van der Waals surface area contributed by atoms with Crippen LogP contribution in [0, 0.1) is 5.41 Å². The number of halogens is 2. The van der Waals surface area contributed by atoms with Gasteiger partial charge in [-0.15, -0.1) is 0 Å². The fourth-order valence-corrected chi connectivity index (χ4v) is 2.30. The average Bonchev–Trinajstić information content (AvgIpc) is 2.79. The van der Waals surface area contributed by atoms with Gasteiger partial charge in [-0.1, -0.05) is 41.9 Å². The van der Waals surface area contributed by atoms with Crippen LogP contribution >= 0.6 is 31.9 Å². The van der Waals surface area contributed by atoms with Crippen LogP contribution in [0.5, 0.6) is 0 Å². The summed E-state index contributed by atoms with van der Waals surface area (Å²) in [7, 11) is 0. The van der Waals surface area contributed by atoms with E-state index in [2.05, 4.69) is 42.0 Å². The minimum Gasteiger partial charge on any atom is -0.334 e. The first-order valence-electron chi connectivity index (χ1n) is 5.83. The SMILES string of the molecule is CC(C)(C)C(N)c1noc(-c2cc(Br)ccc2Br)n1. The third kappa shape index (κ3) is 3.24. The van der Waals surface area contributed by atoms with Crippen molar-refractivity contribution >= 4 is 31.9 Å². The van der Waals surface area contributed by atoms with Crippen LogP contribution in [-0.4, -0.2) is 10.1 Å². The fraction of sp³-hybridized carbons (Fsp3) is 0.385. The van der Waals surface area contributed by atoms with E-state index in [1.54, 1.807) is 0 Å². The molecular formula is C13H15Br2N3O. The van der Waals surface area contributed by atoms with Crippen LogP contribution < -0.4 is 5.73 Å². The largest absolute Gasteiger partial charge is 0.334 e. The summed E-state index contributed by atoms with van der Waals surface area (Å²) in [5, 5.41) is 3.98. The summed E-state index contributed by atoms with van der Waals surface area (Å²) in [5.41, 5.74) is 6.85. The molecule has 1 atom stereocenters. The molecule has 2 N–H and O–H groups in total. The van der Waals surface area contributed by atoms with Crippen molar-refractivity contribution < 1.29 is 4.52 Å². The quantitative estimate of drug-likeness (QED) is 0.832. The topological polar surface area (TPSA) is 64.9 Å². The number of hydrogen-bond donors (Lipinski definition) is 1. The van der Waals surface area contributed by atoms with E-state index >= 15 is 0 Å². The maximum absolute atomic E-state index is 6.13. The van der Waals surface area contributed by atoms with E-state index in [0.29, 0.717) is 11.7 Å². The molecule has 6 heteroatoms. The standard InChI is InChI=1S/C13H15Br2N3O/c1-13(2,3)10(16)11-17-12(19-18-11)8-6-7(14)4-5-9(8)15/h4-6,10H,16H2,1-3H3. The van der Waals surface area contributed by atoms with Crippen LogP contribution in [0.3, 0.4) is 0 Å². The molecular weight excluding hydrogens is 374 g/mol. The van der Waals surface area contributed by atoms with Crippen molar-refractivity contribution in [1.82, 2.24) is 10.1 Å². The van der Waals surface area contributed by atoms with Gasteiger partial charge in [-0.2, -0.15) is 4.98 Å². The molecule has 0 saturated carbocycles. The molecule has 0 amide bonds. The normalized spacial score (nSPS) is 13.6. The van der Waals surface area contributed by atoms with Crippen molar-refractivity contribution in [2.24, 2.45) is 11.1 Å². The lowest BCUT2D eigenvalue weighted by Gasteiger charge is -2.23. The van der Waals surface area contributed by atoms with Gasteiger partial charge < -0.3 is 10.3 Å². The summed E-state index contributed by atoms with van der Waals surface area (Å²) >= 11 is 6.90. The predicted molar refractivity (Wildman–Crippen MR) is 81.5 cm³/mol. The Morgan fingerprint density at radius 1 is 1.26 bits per heavy atom. The van der Waals surface area contributed by atoms with E-state index in [0.717, 1.165) is 14.5 Å². The van der Waals surface area contributed by atoms with Gasteiger partial charge in [0.1, 0.15) is 0 Å². The van der Waals surface area contributed by atoms with E-state index in [9.17, 15) is 0 Å². The van der Waals surface area contributed by atoms with E-state index < -0.39 is 0 Å². The Labute approximate surface area is 129 Å². The van der Waals surface area contributed by atoms with Gasteiger partial charge in [-0.25, -0.2) is 0 Å². The number of nitrogens with zero attached hydrogens (tertiary/aromatic N) is 2. The Morgan fingerprint density at radius 3 is 2.58 bits per heavy atom. The molecule has 19 heavy (non-hydrogen) atoms. The molecule has 4 nitrogen and oxygen atoms in total. The number of benzene rings is 1. The van der Waals surface area contributed by atoms with Gasteiger partial charge in [0, 0.05) is 8.95 Å². The minimum atomic E-state index is -0.268. The summed E-state index contributed by atoms with van der Waals surface area (Å²) in [6, 6.07) is 5.51. The average molecular weight is 389 g/mol. The van der Waals surface area contributed by atoms with Crippen LogP contribution in [0.25, 0.3) is 11.5 Å². The molecule has 0 aliphatic carbocycles. The number of aromatic nitrogens is 2. The monoisotopic (exact) mass is 387 g/mol. The third-order valence-electron chi connectivity index (χ3n) is 2.81. The Morgan fingerprint density at radius 2 is 1.95 bits per heavy atom. The summed E-state index contributed by atoms with van der Waals surface area (Å²) in [5.74, 6) is 0.984. The molecule has 0 radical (unpaired) electrons. The molecule has 0 aliphatic rings. The van der Waals surface area contributed by atoms with Gasteiger partial charge in [0.25, 0.3) is 5.89 Å². The molecule has 1 aromatic carbocycles. The number of nitrogens with two attached hydrogens (primary N) is 1. The van der Waals surface area contributed by atoms with E-state index in [1.165, 1.54) is 0 Å². The second kappa shape index (κ2) is 5.34. The van der Waals surface area contributed by atoms with Gasteiger partial charge >= 0.3 is 0 Å². The van der Waals surface area contributed by atoms with Crippen molar-refractivity contribution in [3.05, 3.63) is 33.0 Å². The highest BCUT2D eigenvalue weighted by atomic mass is 79.9. The Bertz CT molecular complexity index is 590. The Balaban J connectivity index is 2.39. The van der Waals surface area contributed by atoms with Crippen molar-refractivity contribution in [2.75, 3.05) is 0 Å². The molecule has 0 spiro atoms. The van der Waals surface area contributed by atoms with Gasteiger partial charge in [0.2, 0.25) is 0 Å². The molecule has 2 aromatic rings. The van der Waals surface area contributed by atoms with Crippen molar-refractivity contribution in [3.8, 4) is 11.5 Å². The highest BCUT2D eigenvalue weighted by Crippen LogP contribution is 2.33. The Kier molecular flexibility index (Phi) is 4.13. The number of rotatable bonds is 2. The lowest BCUT2D eigenvalue weighted by molar-refractivity contribution is 0.303. The molecule has 102 valence electrons. The van der Waals surface area contributed by atoms with Gasteiger partial charge in [0.15, 0.2) is 5.82 Å². The lowest BCUT2D eigenvalue weighted by atomic mass is 9.87. The van der Waals surface area contributed by atoms with Crippen LogP contribution in [0.1, 0.15) is 32.6 Å². The van der Waals surface area contributed by atoms with Gasteiger partial charge in [0.05, 0.1) is 11.6 Å². The molecule has 1 aromatic heterocycles. The third-order valence-corrected chi connectivity index (χ3v) is 4.00. The second-order valence-corrected chi connectivity index (χ2v) is 7.20. The van der Waals surface area contributed by atoms with Gasteiger partial charge in [-0.3, -0.25) is 0 Å². The first kappa shape index (κ1) is 14.7. The van der Waals surface area contributed by atoms with Crippen LogP contribution in [-0.2, 0) is 0 Å². The zero-order valence-electron chi connectivity index (χ0n) is 10.9. The smallest absolute Gasteiger partial charge is 0.259 e. The maximum Gasteiger partial charge on any atom is 0.259 e. The van der Waals surface area contributed by atoms with Gasteiger partial charge in [-0.05, 0) is 39.5 Å². The summed E-state index contributed by atoms with van der Waals surface area (Å²) in [4.78, 5) is 4.40. The molecule has 1 unspecified atom stereocenters. The highest BCUT2D eigenvalue weighted by molar-refractivity contribution is 9.11. The molecule has 2 rings (SSSR count). The minimum absolute atomic E-state index is 0.115. The van der Waals surface area contributed by atoms with E-state index in [4.69, 9.17) is 10.3 Å². The second-order valence-electron chi connectivity index (χ2n) is 5.43. The zero-order valence-corrected chi connectivity index (χ0v) is 14.1. The molecule has 1 heterocycles. The predicted octanol–water partition coefficient (Wildman–Crippen LogP) is 4.31. The summed E-state index contributed by atoms with van der Waals surface area (Å²) < 4.78 is 7.16. The van der Waals surface area contributed by atoms with Crippen molar-refractivity contribution in [3.63, 3.8) is 0 Å². The summed E-state index contributed by atoms with van der Waals surface area (Å²) in [6.07, 6.45) is 0. The van der Waals surface area contributed by atoms with Crippen LogP contribution in [0.2, 0.25) is 0 Å². The Hall–Kier alpha value is -0.720. The molecule has 0 saturated heterocycles. The molecule has 0 bridgehead atoms. The summed E-state index contributed by atoms with van der Waals surface area (Å²) in [6.45, 7) is 6.13. The molecule has 0 fully saturated rings. The van der Waals surface area contributed by atoms with Crippen molar-refractivity contribution in [2.45, 2.75) is 26.8 Å². The van der Waals surface area contributed by atoms with E-state index in [-0.39, 0.29) is 11.5 Å². The van der Waals surface area contributed by atoms with Crippen LogP contribution in [0.4, 0.5) is 0 Å². The first-order chi connectivity index (χ1) is 8.79. The van der Waals surface area contributed by atoms with Crippen molar-refractivity contribution in [1.29, 1.82) is 0 Å². The maximum atomic E-state index is 6.13.